The molecule has 0 aromatic rings. The van der Waals surface area contributed by atoms with Gasteiger partial charge in [-0.05, 0) is 49.4 Å². The highest BCUT2D eigenvalue weighted by Gasteiger charge is 2.30. The predicted octanol–water partition coefficient (Wildman–Crippen LogP) is 18.9. The Kier molecular flexibility index (Phi) is 56.6. The maximum absolute atomic E-state index is 13.0. The lowest BCUT2D eigenvalue weighted by molar-refractivity contribution is -0.161. The lowest BCUT2D eigenvalue weighted by Gasteiger charge is -2.21. The number of esters is 4. The maximum atomic E-state index is 13.0. The summed E-state index contributed by atoms with van der Waals surface area (Å²) in [6.45, 7) is 14.0. The zero-order valence-electron chi connectivity index (χ0n) is 56.6. The summed E-state index contributed by atoms with van der Waals surface area (Å²) in [7, 11) is -9.90. The average molecular weight is 1280 g/mol. The third-order valence-corrected chi connectivity index (χ3v) is 17.5. The Morgan fingerprint density at radius 3 is 0.713 bits per heavy atom. The van der Waals surface area contributed by atoms with Crippen LogP contribution < -0.4 is 0 Å². The number of hydrogen-bond donors (Lipinski definition) is 3. The van der Waals surface area contributed by atoms with Gasteiger partial charge in [0.05, 0.1) is 26.4 Å². The molecule has 3 unspecified atom stereocenters. The average Bonchev–Trinajstić information content (AvgIpc) is 3.65. The zero-order chi connectivity index (χ0) is 64.7. The molecule has 0 rings (SSSR count). The zero-order valence-corrected chi connectivity index (χ0v) is 58.4. The van der Waals surface area contributed by atoms with Crippen LogP contribution in [0.3, 0.4) is 0 Å². The number of carbonyl (C=O) groups excluding carboxylic acids is 4. The molecule has 0 amide bonds. The van der Waals surface area contributed by atoms with Crippen LogP contribution in [0.25, 0.3) is 0 Å². The van der Waals surface area contributed by atoms with Gasteiger partial charge in [-0.3, -0.25) is 37.3 Å². The molecule has 0 aromatic heterocycles. The molecule has 0 spiro atoms. The first-order valence-electron chi connectivity index (χ1n) is 35.2. The van der Waals surface area contributed by atoms with E-state index >= 15 is 0 Å². The number of hydrogen-bond acceptors (Lipinski definition) is 15. The molecule has 87 heavy (non-hydrogen) atoms. The van der Waals surface area contributed by atoms with Gasteiger partial charge in [0, 0.05) is 25.7 Å². The summed E-state index contributed by atoms with van der Waals surface area (Å²) in [4.78, 5) is 72.4. The Labute approximate surface area is 530 Å². The molecule has 0 heterocycles. The standard InChI is InChI=1S/C68H132O17P2/c1-58(2)44-36-28-20-15-13-11-9-10-12-14-16-23-34-42-50-67(72)84-64(55-79-66(71)49-41-33-27-26-31-39-47-61(7)8)57-83-87(76,77)81-53-62(69)52-80-86(74,75)82-56-63(54-78-65(70)48-40-32-25-19-22-30-38-46-60(5)6)85-68(73)51-43-35-24-18-17-21-29-37-45-59(3)4/h58-64,69H,9-57H2,1-8H3,(H,74,75)(H,76,77)/t62?,63-,64-/m1/s1. The second-order valence-electron chi connectivity index (χ2n) is 26.5. The number of unbranched alkanes of at least 4 members (excludes halogenated alkanes) is 31. The lowest BCUT2D eigenvalue weighted by Crippen LogP contribution is -2.30. The van der Waals surface area contributed by atoms with Crippen LogP contribution in [-0.2, 0) is 65.4 Å². The van der Waals surface area contributed by atoms with Crippen LogP contribution in [0.4, 0.5) is 0 Å². The lowest BCUT2D eigenvalue weighted by atomic mass is 10.0. The van der Waals surface area contributed by atoms with Gasteiger partial charge in [0.2, 0.25) is 0 Å². The highest BCUT2D eigenvalue weighted by Crippen LogP contribution is 2.45. The van der Waals surface area contributed by atoms with Gasteiger partial charge in [-0.15, -0.1) is 0 Å². The monoisotopic (exact) mass is 1280 g/mol. The van der Waals surface area contributed by atoms with Crippen LogP contribution in [0.5, 0.6) is 0 Å². The molecule has 17 nitrogen and oxygen atoms in total. The molecule has 19 heteroatoms. The van der Waals surface area contributed by atoms with Crippen molar-refractivity contribution in [3.8, 4) is 0 Å². The van der Waals surface area contributed by atoms with Gasteiger partial charge in [-0.2, -0.15) is 0 Å². The number of ether oxygens (including phenoxy) is 4. The molecule has 0 bridgehead atoms. The molecule has 0 radical (unpaired) electrons. The van der Waals surface area contributed by atoms with Crippen molar-refractivity contribution in [3.05, 3.63) is 0 Å². The van der Waals surface area contributed by atoms with E-state index in [0.717, 1.165) is 115 Å². The van der Waals surface area contributed by atoms with Crippen molar-refractivity contribution in [2.24, 2.45) is 23.7 Å². The van der Waals surface area contributed by atoms with E-state index in [2.05, 4.69) is 55.4 Å². The summed E-state index contributed by atoms with van der Waals surface area (Å²) in [5.74, 6) is 0.762. The van der Waals surface area contributed by atoms with Gasteiger partial charge in [-0.25, -0.2) is 9.13 Å². The summed E-state index contributed by atoms with van der Waals surface area (Å²) >= 11 is 0. The third-order valence-electron chi connectivity index (χ3n) is 15.6. The molecule has 0 aromatic carbocycles. The van der Waals surface area contributed by atoms with Crippen LogP contribution in [0.2, 0.25) is 0 Å². The number of carbonyl (C=O) groups is 4. The van der Waals surface area contributed by atoms with Crippen LogP contribution >= 0.6 is 15.6 Å². The summed E-state index contributed by atoms with van der Waals surface area (Å²) in [6.07, 6.45) is 39.2. The van der Waals surface area contributed by atoms with Gasteiger partial charge in [0.25, 0.3) is 0 Å². The highest BCUT2D eigenvalue weighted by molar-refractivity contribution is 7.47. The van der Waals surface area contributed by atoms with Crippen molar-refractivity contribution >= 4 is 39.5 Å². The summed E-state index contributed by atoms with van der Waals surface area (Å²) in [5, 5.41) is 10.6. The molecule has 0 aliphatic rings. The molecule has 516 valence electrons. The topological polar surface area (TPSA) is 237 Å². The van der Waals surface area contributed by atoms with Gasteiger partial charge in [0.1, 0.15) is 19.3 Å². The third kappa shape index (κ3) is 62.6. The Bertz CT molecular complexity index is 1730. The minimum Gasteiger partial charge on any atom is -0.462 e. The fraction of sp³-hybridized carbons (Fsp3) is 0.941. The molecule has 0 aliphatic carbocycles. The Morgan fingerprint density at radius 1 is 0.287 bits per heavy atom. The second-order valence-corrected chi connectivity index (χ2v) is 29.4. The maximum Gasteiger partial charge on any atom is 0.472 e. The number of aliphatic hydroxyl groups is 1. The largest absolute Gasteiger partial charge is 0.472 e. The van der Waals surface area contributed by atoms with E-state index in [9.17, 15) is 43.2 Å². The van der Waals surface area contributed by atoms with Crippen LogP contribution in [0, 0.1) is 23.7 Å². The number of rotatable bonds is 65. The van der Waals surface area contributed by atoms with Crippen LogP contribution in [0.15, 0.2) is 0 Å². The quantitative estimate of drug-likeness (QED) is 0.0222. The van der Waals surface area contributed by atoms with Crippen LogP contribution in [-0.4, -0.2) is 96.7 Å². The van der Waals surface area contributed by atoms with Crippen molar-refractivity contribution in [1.29, 1.82) is 0 Å². The first kappa shape index (κ1) is 85.1. The Hall–Kier alpha value is -1.94. The van der Waals surface area contributed by atoms with Gasteiger partial charge in [-0.1, -0.05) is 280 Å². The second kappa shape index (κ2) is 57.9. The number of aliphatic hydroxyl groups excluding tert-OH is 1. The minimum absolute atomic E-state index is 0.103. The fourth-order valence-electron chi connectivity index (χ4n) is 10.1. The first-order valence-corrected chi connectivity index (χ1v) is 38.2. The Balaban J connectivity index is 5.21. The molecule has 3 N–H and O–H groups in total. The normalized spacial score (nSPS) is 14.3. The van der Waals surface area contributed by atoms with Crippen molar-refractivity contribution in [3.63, 3.8) is 0 Å². The van der Waals surface area contributed by atoms with Crippen LogP contribution in [0.1, 0.15) is 331 Å². The van der Waals surface area contributed by atoms with Gasteiger partial charge < -0.3 is 33.8 Å². The van der Waals surface area contributed by atoms with Crippen molar-refractivity contribution < 1.29 is 80.2 Å². The van der Waals surface area contributed by atoms with Gasteiger partial charge >= 0.3 is 39.5 Å². The Morgan fingerprint density at radius 2 is 0.483 bits per heavy atom. The van der Waals surface area contributed by atoms with E-state index in [0.29, 0.717) is 37.5 Å². The summed E-state index contributed by atoms with van der Waals surface area (Å²) in [6, 6.07) is 0. The molecule has 0 fully saturated rings. The summed E-state index contributed by atoms with van der Waals surface area (Å²) in [5.41, 5.74) is 0. The predicted molar refractivity (Wildman–Crippen MR) is 349 cm³/mol. The number of phosphoric acid groups is 2. The molecule has 0 saturated heterocycles. The first-order chi connectivity index (χ1) is 41.6. The van der Waals surface area contributed by atoms with E-state index in [1.165, 1.54) is 122 Å². The number of phosphoric ester groups is 2. The van der Waals surface area contributed by atoms with E-state index < -0.39 is 97.5 Å². The van der Waals surface area contributed by atoms with E-state index in [4.69, 9.17) is 37.0 Å². The SMILES string of the molecule is CC(C)CCCCCCCCCCCCCCCCC(=O)O[C@H](COC(=O)CCCCCCCCC(C)C)COP(=O)(O)OCC(O)COP(=O)(O)OC[C@@H](COC(=O)CCCCCCCCCC(C)C)OC(=O)CCCCCCCCCCC(C)C. The van der Waals surface area contributed by atoms with Gasteiger partial charge in [0.15, 0.2) is 12.2 Å². The molecular formula is C68H132O17P2. The molecule has 0 aliphatic heterocycles. The van der Waals surface area contributed by atoms with E-state index in [-0.39, 0.29) is 25.7 Å². The highest BCUT2D eigenvalue weighted by atomic mass is 31.2. The smallest absolute Gasteiger partial charge is 0.462 e. The molecule has 0 saturated carbocycles. The minimum atomic E-state index is -4.95. The van der Waals surface area contributed by atoms with Crippen molar-refractivity contribution in [1.82, 2.24) is 0 Å². The van der Waals surface area contributed by atoms with E-state index in [1.54, 1.807) is 0 Å². The van der Waals surface area contributed by atoms with Crippen molar-refractivity contribution in [2.45, 2.75) is 350 Å². The molecule has 5 atom stereocenters. The molecular weight excluding hydrogens is 1150 g/mol. The van der Waals surface area contributed by atoms with E-state index in [1.807, 2.05) is 0 Å². The van der Waals surface area contributed by atoms with Crippen molar-refractivity contribution in [2.75, 3.05) is 39.6 Å². The fourth-order valence-corrected chi connectivity index (χ4v) is 11.7. The summed E-state index contributed by atoms with van der Waals surface area (Å²) < 4.78 is 68.1.